The largest absolute Gasteiger partial charge is 0.414 e. The van der Waals surface area contributed by atoms with Crippen molar-refractivity contribution in [2.24, 2.45) is 5.41 Å². The summed E-state index contributed by atoms with van der Waals surface area (Å²) in [6.07, 6.45) is -4.71. The molecule has 162 valence electrons. The Kier molecular flexibility index (Phi) is 5.68. The second-order valence-electron chi connectivity index (χ2n) is 8.00. The van der Waals surface area contributed by atoms with E-state index in [1.807, 2.05) is 0 Å². The number of hydrogen-bond donors (Lipinski definition) is 3. The van der Waals surface area contributed by atoms with Crippen LogP contribution in [0, 0.1) is 17.0 Å². The molecule has 2 atom stereocenters. The van der Waals surface area contributed by atoms with E-state index in [1.165, 1.54) is 12.3 Å². The van der Waals surface area contributed by atoms with Gasteiger partial charge in [0.2, 0.25) is 0 Å². The average Bonchev–Trinajstić information content (AvgIpc) is 3.04. The lowest BCUT2D eigenvalue weighted by atomic mass is 9.83. The fraction of sp³-hybridized carbons (Fsp3) is 0.421. The third-order valence-corrected chi connectivity index (χ3v) is 4.68. The van der Waals surface area contributed by atoms with Gasteiger partial charge in [0, 0.05) is 29.6 Å². The molecule has 3 rings (SSSR count). The molecule has 0 bridgehead atoms. The lowest BCUT2D eigenvalue weighted by Crippen LogP contribution is -2.42. The van der Waals surface area contributed by atoms with Crippen molar-refractivity contribution in [3.05, 3.63) is 36.3 Å². The number of pyridine rings is 1. The number of aromatic nitrogens is 4. The van der Waals surface area contributed by atoms with Crippen molar-refractivity contribution >= 4 is 16.9 Å². The minimum absolute atomic E-state index is 0.0292. The van der Waals surface area contributed by atoms with Crippen LogP contribution in [0.2, 0.25) is 0 Å². The molecule has 0 fully saturated rings. The predicted molar refractivity (Wildman–Crippen MR) is 101 cm³/mol. The summed E-state index contributed by atoms with van der Waals surface area (Å²) in [6.45, 7) is 4.96. The van der Waals surface area contributed by atoms with E-state index in [2.05, 4.69) is 25.3 Å². The Morgan fingerprint density at radius 2 is 1.83 bits per heavy atom. The number of nitrogens with zero attached hydrogens (tertiary/aromatic N) is 3. The zero-order valence-corrected chi connectivity index (χ0v) is 16.3. The Morgan fingerprint density at radius 3 is 2.47 bits per heavy atom. The van der Waals surface area contributed by atoms with Gasteiger partial charge in [0.15, 0.2) is 23.6 Å². The van der Waals surface area contributed by atoms with E-state index in [9.17, 15) is 27.1 Å². The first-order valence-electron chi connectivity index (χ1n) is 9.03. The van der Waals surface area contributed by atoms with E-state index in [1.54, 1.807) is 20.8 Å². The lowest BCUT2D eigenvalue weighted by Gasteiger charge is -2.34. The van der Waals surface area contributed by atoms with Crippen LogP contribution in [-0.4, -0.2) is 43.4 Å². The molecule has 0 spiro atoms. The molecule has 0 aliphatic carbocycles. The first kappa shape index (κ1) is 21.9. The number of aliphatic hydroxyl groups excluding tert-OH is 1. The average molecular weight is 429 g/mol. The third-order valence-electron chi connectivity index (χ3n) is 4.68. The number of H-pyrrole nitrogens is 1. The summed E-state index contributed by atoms with van der Waals surface area (Å²) in [6, 6.07) is 0.250. The second-order valence-corrected chi connectivity index (χ2v) is 8.00. The summed E-state index contributed by atoms with van der Waals surface area (Å²) in [4.78, 5) is 14.7. The zero-order chi connectivity index (χ0) is 22.3. The van der Waals surface area contributed by atoms with Crippen molar-refractivity contribution < 1.29 is 27.1 Å². The zero-order valence-electron chi connectivity index (χ0n) is 16.3. The van der Waals surface area contributed by atoms with Crippen LogP contribution in [-0.2, 0) is 0 Å². The summed E-state index contributed by atoms with van der Waals surface area (Å²) < 4.78 is 66.4. The van der Waals surface area contributed by atoms with Crippen molar-refractivity contribution in [1.29, 1.82) is 0 Å². The van der Waals surface area contributed by atoms with E-state index in [0.29, 0.717) is 16.6 Å². The van der Waals surface area contributed by atoms with Crippen LogP contribution >= 0.6 is 0 Å². The molecule has 2 unspecified atom stereocenters. The molecule has 3 aromatic heterocycles. The fourth-order valence-corrected chi connectivity index (χ4v) is 2.91. The molecule has 0 amide bonds. The highest BCUT2D eigenvalue weighted by Crippen LogP contribution is 2.32. The molecule has 0 saturated carbocycles. The first-order chi connectivity index (χ1) is 13.9. The maximum absolute atomic E-state index is 14.4. The van der Waals surface area contributed by atoms with Crippen LogP contribution in [0.4, 0.5) is 27.8 Å². The molecule has 11 heteroatoms. The number of fused-ring (bicyclic) bond motifs is 1. The van der Waals surface area contributed by atoms with E-state index in [0.717, 1.165) is 12.4 Å². The molecular weight excluding hydrogens is 409 g/mol. The molecular formula is C19H20F5N5O. The number of alkyl halides is 3. The number of hydrogen-bond acceptors (Lipinski definition) is 5. The van der Waals surface area contributed by atoms with Gasteiger partial charge in [-0.05, 0) is 11.5 Å². The van der Waals surface area contributed by atoms with Crippen LogP contribution in [0.5, 0.6) is 0 Å². The SMILES string of the molecule is CC(C)(C)C(CC(O)C(F)(F)F)Nc1nc(-c2c[nH]c3ncc(F)cc23)ncc1F. The van der Waals surface area contributed by atoms with Crippen LogP contribution in [0.3, 0.4) is 0 Å². The Bertz CT molecular complexity index is 1040. The molecule has 3 heterocycles. The van der Waals surface area contributed by atoms with Crippen molar-refractivity contribution in [2.75, 3.05) is 5.32 Å². The molecule has 0 saturated heterocycles. The molecule has 3 N–H and O–H groups in total. The van der Waals surface area contributed by atoms with Gasteiger partial charge in [0.1, 0.15) is 11.5 Å². The highest BCUT2D eigenvalue weighted by atomic mass is 19.4. The molecule has 30 heavy (non-hydrogen) atoms. The fourth-order valence-electron chi connectivity index (χ4n) is 2.91. The molecule has 0 aliphatic heterocycles. The molecule has 0 radical (unpaired) electrons. The maximum Gasteiger partial charge on any atom is 0.414 e. The second kappa shape index (κ2) is 7.78. The van der Waals surface area contributed by atoms with Crippen molar-refractivity contribution in [3.63, 3.8) is 0 Å². The topological polar surface area (TPSA) is 86.7 Å². The van der Waals surface area contributed by atoms with Gasteiger partial charge in [-0.3, -0.25) is 0 Å². The van der Waals surface area contributed by atoms with Crippen molar-refractivity contribution in [2.45, 2.75) is 45.5 Å². The van der Waals surface area contributed by atoms with E-state index in [-0.39, 0.29) is 11.6 Å². The van der Waals surface area contributed by atoms with E-state index in [4.69, 9.17) is 0 Å². The summed E-state index contributed by atoms with van der Waals surface area (Å²) >= 11 is 0. The van der Waals surface area contributed by atoms with Crippen LogP contribution in [0.1, 0.15) is 27.2 Å². The number of aromatic amines is 1. The maximum atomic E-state index is 14.4. The highest BCUT2D eigenvalue weighted by Gasteiger charge is 2.41. The summed E-state index contributed by atoms with van der Waals surface area (Å²) in [5.74, 6) is -1.76. The van der Waals surface area contributed by atoms with Gasteiger partial charge in [-0.1, -0.05) is 20.8 Å². The van der Waals surface area contributed by atoms with Gasteiger partial charge in [0.05, 0.1) is 12.4 Å². The molecule has 6 nitrogen and oxygen atoms in total. The number of rotatable bonds is 5. The Morgan fingerprint density at radius 1 is 1.13 bits per heavy atom. The number of nitrogens with one attached hydrogen (secondary N) is 2. The Labute approximate surface area is 168 Å². The van der Waals surface area contributed by atoms with Gasteiger partial charge in [-0.2, -0.15) is 13.2 Å². The Balaban J connectivity index is 1.96. The number of anilines is 1. The van der Waals surface area contributed by atoms with E-state index < -0.39 is 41.8 Å². The van der Waals surface area contributed by atoms with Gasteiger partial charge < -0.3 is 15.4 Å². The van der Waals surface area contributed by atoms with Crippen LogP contribution in [0.15, 0.2) is 24.7 Å². The minimum Gasteiger partial charge on any atom is -0.384 e. The quantitative estimate of drug-likeness (QED) is 0.522. The summed E-state index contributed by atoms with van der Waals surface area (Å²) in [5.41, 5.74) is -0.0465. The molecule has 0 aromatic carbocycles. The van der Waals surface area contributed by atoms with Gasteiger partial charge >= 0.3 is 6.18 Å². The first-order valence-corrected chi connectivity index (χ1v) is 9.03. The van der Waals surface area contributed by atoms with Crippen LogP contribution in [0.25, 0.3) is 22.4 Å². The Hall–Kier alpha value is -2.82. The van der Waals surface area contributed by atoms with Gasteiger partial charge in [-0.25, -0.2) is 23.7 Å². The molecule has 0 aliphatic rings. The van der Waals surface area contributed by atoms with Crippen molar-refractivity contribution in [3.8, 4) is 11.4 Å². The summed E-state index contributed by atoms with van der Waals surface area (Å²) in [7, 11) is 0. The number of halogens is 5. The van der Waals surface area contributed by atoms with Crippen LogP contribution < -0.4 is 5.32 Å². The standard InChI is InChI=1S/C19H20F5N5O/c1-18(2,3)13(5-14(30)19(22,23)24)28-17-12(21)8-27-16(29-17)11-7-26-15-10(11)4-9(20)6-25-15/h4,6-8,13-14,30H,5H2,1-3H3,(H,25,26)(H,27,28,29). The predicted octanol–water partition coefficient (Wildman–Crippen LogP) is 4.44. The number of aliphatic hydroxyl groups is 1. The monoisotopic (exact) mass is 429 g/mol. The minimum atomic E-state index is -4.80. The highest BCUT2D eigenvalue weighted by molar-refractivity contribution is 5.91. The summed E-state index contributed by atoms with van der Waals surface area (Å²) in [5, 5.41) is 12.5. The van der Waals surface area contributed by atoms with E-state index >= 15 is 0 Å². The third kappa shape index (κ3) is 4.66. The van der Waals surface area contributed by atoms with Gasteiger partial charge in [0.25, 0.3) is 0 Å². The normalized spacial score (nSPS) is 14.7. The smallest absolute Gasteiger partial charge is 0.384 e. The molecule has 3 aromatic rings. The lowest BCUT2D eigenvalue weighted by molar-refractivity contribution is -0.207. The van der Waals surface area contributed by atoms with Gasteiger partial charge in [-0.15, -0.1) is 0 Å². The van der Waals surface area contributed by atoms with Crippen molar-refractivity contribution in [1.82, 2.24) is 19.9 Å².